The van der Waals surface area contributed by atoms with Gasteiger partial charge < -0.3 is 20.3 Å². The van der Waals surface area contributed by atoms with E-state index in [-0.39, 0.29) is 6.03 Å². The summed E-state index contributed by atoms with van der Waals surface area (Å²) >= 11 is 1.63. The Hall–Kier alpha value is -3.27. The van der Waals surface area contributed by atoms with Crippen molar-refractivity contribution in [2.75, 3.05) is 32.3 Å². The molecular formula is C21H23FN6O2S. The molecule has 4 heterocycles. The lowest BCUT2D eigenvalue weighted by molar-refractivity contribution is 0.183. The van der Waals surface area contributed by atoms with Crippen molar-refractivity contribution >= 4 is 29.0 Å². The van der Waals surface area contributed by atoms with Crippen LogP contribution in [0.25, 0.3) is 10.6 Å². The first kappa shape index (κ1) is 21.0. The summed E-state index contributed by atoms with van der Waals surface area (Å²) in [5, 5.41) is 6.87. The summed E-state index contributed by atoms with van der Waals surface area (Å²) in [4.78, 5) is 28.1. The number of carbonyl (C=O) groups is 1. The van der Waals surface area contributed by atoms with Gasteiger partial charge in [0.15, 0.2) is 0 Å². The van der Waals surface area contributed by atoms with Gasteiger partial charge in [-0.2, -0.15) is 0 Å². The summed E-state index contributed by atoms with van der Waals surface area (Å²) in [6, 6.07) is 8.87. The molecule has 4 rings (SSSR count). The normalized spacial score (nSPS) is 14.3. The minimum absolute atomic E-state index is 0.0249. The van der Waals surface area contributed by atoms with E-state index in [0.29, 0.717) is 23.3 Å². The van der Waals surface area contributed by atoms with Gasteiger partial charge in [-0.15, -0.1) is 11.3 Å². The minimum Gasteiger partial charge on any atom is -0.463 e. The van der Waals surface area contributed by atoms with Crippen LogP contribution in [0.15, 0.2) is 42.7 Å². The molecule has 0 radical (unpaired) electrons. The van der Waals surface area contributed by atoms with Crippen LogP contribution in [-0.2, 0) is 0 Å². The van der Waals surface area contributed by atoms with Crippen molar-refractivity contribution in [2.45, 2.75) is 18.8 Å². The van der Waals surface area contributed by atoms with E-state index in [4.69, 9.17) is 4.74 Å². The minimum atomic E-state index is -0.893. The first-order chi connectivity index (χ1) is 15.2. The molecular weight excluding hydrogens is 419 g/mol. The smallest absolute Gasteiger partial charge is 0.317 e. The number of hydrogen-bond donors (Lipinski definition) is 2. The number of aromatic nitrogens is 3. The largest absolute Gasteiger partial charge is 0.463 e. The second kappa shape index (κ2) is 9.69. The summed E-state index contributed by atoms with van der Waals surface area (Å²) in [6.45, 7) is 0.569. The fourth-order valence-corrected chi connectivity index (χ4v) is 4.54. The Morgan fingerprint density at radius 2 is 2.10 bits per heavy atom. The van der Waals surface area contributed by atoms with Crippen LogP contribution in [-0.4, -0.2) is 52.9 Å². The maximum absolute atomic E-state index is 12.4. The summed E-state index contributed by atoms with van der Waals surface area (Å²) in [5.74, 6) is 1.88. The Bertz CT molecular complexity index is 1040. The average molecular weight is 443 g/mol. The van der Waals surface area contributed by atoms with Gasteiger partial charge in [-0.05, 0) is 31.0 Å². The SMILES string of the molecule is CNC(=O)N1CCC(c2ncc(-c3cccc(Nc4cc(OCF)ccn4)n3)s2)CC1. The van der Waals surface area contributed by atoms with E-state index in [9.17, 15) is 9.18 Å². The molecule has 31 heavy (non-hydrogen) atoms. The molecule has 3 aromatic heterocycles. The number of likely N-dealkylation sites (tertiary alicyclic amines) is 1. The average Bonchev–Trinajstić information content (AvgIpc) is 3.30. The van der Waals surface area contributed by atoms with Crippen LogP contribution in [0.5, 0.6) is 5.75 Å². The van der Waals surface area contributed by atoms with Gasteiger partial charge in [0.05, 0.1) is 15.6 Å². The van der Waals surface area contributed by atoms with Crippen molar-refractivity contribution in [3.8, 4) is 16.3 Å². The van der Waals surface area contributed by atoms with Gasteiger partial charge in [-0.3, -0.25) is 0 Å². The second-order valence-electron chi connectivity index (χ2n) is 7.04. The van der Waals surface area contributed by atoms with Crippen LogP contribution in [0.4, 0.5) is 20.8 Å². The monoisotopic (exact) mass is 442 g/mol. The molecule has 0 atom stereocenters. The Morgan fingerprint density at radius 3 is 2.87 bits per heavy atom. The highest BCUT2D eigenvalue weighted by Gasteiger charge is 2.25. The molecule has 1 aliphatic heterocycles. The van der Waals surface area contributed by atoms with Crippen molar-refractivity contribution in [2.24, 2.45) is 0 Å². The van der Waals surface area contributed by atoms with E-state index < -0.39 is 6.86 Å². The van der Waals surface area contributed by atoms with Crippen molar-refractivity contribution in [1.82, 2.24) is 25.2 Å². The molecule has 0 saturated carbocycles. The van der Waals surface area contributed by atoms with Crippen molar-refractivity contribution in [3.05, 3.63) is 47.7 Å². The fraction of sp³-hybridized carbons (Fsp3) is 0.333. The Morgan fingerprint density at radius 1 is 1.26 bits per heavy atom. The lowest BCUT2D eigenvalue weighted by Crippen LogP contribution is -2.42. The summed E-state index contributed by atoms with van der Waals surface area (Å²) in [6.07, 6.45) is 5.20. The van der Waals surface area contributed by atoms with Crippen molar-refractivity contribution < 1.29 is 13.9 Å². The number of hydrogen-bond acceptors (Lipinski definition) is 7. The molecule has 0 unspecified atom stereocenters. The van der Waals surface area contributed by atoms with Gasteiger partial charge in [0.1, 0.15) is 17.4 Å². The highest BCUT2D eigenvalue weighted by Crippen LogP contribution is 2.34. The Kier molecular flexibility index (Phi) is 6.56. The maximum atomic E-state index is 12.4. The summed E-state index contributed by atoms with van der Waals surface area (Å²) in [7, 11) is 1.65. The van der Waals surface area contributed by atoms with Crippen LogP contribution < -0.4 is 15.4 Å². The highest BCUT2D eigenvalue weighted by atomic mass is 32.1. The number of halogens is 1. The zero-order chi connectivity index (χ0) is 21.6. The summed E-state index contributed by atoms with van der Waals surface area (Å²) < 4.78 is 17.3. The third-order valence-electron chi connectivity index (χ3n) is 5.08. The number of thiazole rings is 1. The predicted octanol–water partition coefficient (Wildman–Crippen LogP) is 4.17. The number of rotatable bonds is 6. The van der Waals surface area contributed by atoms with E-state index in [1.807, 2.05) is 29.3 Å². The van der Waals surface area contributed by atoms with Gasteiger partial charge in [0.2, 0.25) is 6.86 Å². The lowest BCUT2D eigenvalue weighted by atomic mass is 9.98. The van der Waals surface area contributed by atoms with E-state index in [1.54, 1.807) is 36.7 Å². The molecule has 8 nitrogen and oxygen atoms in total. The van der Waals surface area contributed by atoms with Crippen molar-refractivity contribution in [1.29, 1.82) is 0 Å². The topological polar surface area (TPSA) is 92.3 Å². The van der Waals surface area contributed by atoms with Crippen LogP contribution in [0.1, 0.15) is 23.8 Å². The van der Waals surface area contributed by atoms with Gasteiger partial charge in [0, 0.05) is 44.5 Å². The van der Waals surface area contributed by atoms with E-state index in [0.717, 1.165) is 41.5 Å². The zero-order valence-corrected chi connectivity index (χ0v) is 17.9. The number of urea groups is 1. The number of nitrogens with zero attached hydrogens (tertiary/aromatic N) is 4. The van der Waals surface area contributed by atoms with Crippen LogP contribution in [0.2, 0.25) is 0 Å². The molecule has 1 saturated heterocycles. The van der Waals surface area contributed by atoms with E-state index in [1.165, 1.54) is 0 Å². The van der Waals surface area contributed by atoms with Crippen LogP contribution >= 0.6 is 11.3 Å². The molecule has 3 aromatic rings. The second-order valence-corrected chi connectivity index (χ2v) is 8.10. The Balaban J connectivity index is 1.44. The molecule has 2 N–H and O–H groups in total. The molecule has 1 aliphatic rings. The van der Waals surface area contributed by atoms with Crippen molar-refractivity contribution in [3.63, 3.8) is 0 Å². The number of amides is 2. The molecule has 10 heteroatoms. The lowest BCUT2D eigenvalue weighted by Gasteiger charge is -2.30. The number of anilines is 2. The first-order valence-corrected chi connectivity index (χ1v) is 10.8. The quantitative estimate of drug-likeness (QED) is 0.595. The van der Waals surface area contributed by atoms with E-state index >= 15 is 0 Å². The van der Waals surface area contributed by atoms with Gasteiger partial charge >= 0.3 is 6.03 Å². The number of carbonyl (C=O) groups excluding carboxylic acids is 1. The Labute approximate surface area is 183 Å². The molecule has 1 fully saturated rings. The number of piperidine rings is 1. The van der Waals surface area contributed by atoms with Gasteiger partial charge in [-0.25, -0.2) is 24.1 Å². The molecule has 0 spiro atoms. The van der Waals surface area contributed by atoms with Crippen LogP contribution in [0.3, 0.4) is 0 Å². The highest BCUT2D eigenvalue weighted by molar-refractivity contribution is 7.15. The third kappa shape index (κ3) is 5.08. The van der Waals surface area contributed by atoms with E-state index in [2.05, 4.69) is 25.6 Å². The summed E-state index contributed by atoms with van der Waals surface area (Å²) in [5.41, 5.74) is 0.813. The number of ether oxygens (including phenoxy) is 1. The standard InChI is InChI=1S/C21H23FN6O2S/c1-23-21(29)28-9-6-14(7-10-28)20-25-12-17(31-20)16-3-2-4-18(26-16)27-19-11-15(30-13-22)5-8-24-19/h2-5,8,11-12,14H,6-7,9-10,13H2,1H3,(H,23,29)(H,24,26,27). The fourth-order valence-electron chi connectivity index (χ4n) is 3.49. The molecule has 0 bridgehead atoms. The number of alkyl halides is 1. The maximum Gasteiger partial charge on any atom is 0.317 e. The first-order valence-electron chi connectivity index (χ1n) is 9.98. The molecule has 2 amide bonds. The molecule has 0 aliphatic carbocycles. The van der Waals surface area contributed by atoms with Gasteiger partial charge in [-0.1, -0.05) is 6.07 Å². The number of pyridine rings is 2. The third-order valence-corrected chi connectivity index (χ3v) is 6.26. The molecule has 162 valence electrons. The number of nitrogens with one attached hydrogen (secondary N) is 2. The zero-order valence-electron chi connectivity index (χ0n) is 17.0. The van der Waals surface area contributed by atoms with Crippen LogP contribution in [0, 0.1) is 0 Å². The van der Waals surface area contributed by atoms with Gasteiger partial charge in [0.25, 0.3) is 0 Å². The molecule has 0 aromatic carbocycles. The predicted molar refractivity (Wildman–Crippen MR) is 117 cm³/mol.